The first-order valence-corrected chi connectivity index (χ1v) is 11.6. The number of nitrogens with zero attached hydrogens (tertiary/aromatic N) is 2. The van der Waals surface area contributed by atoms with E-state index in [1.54, 1.807) is 16.2 Å². The highest BCUT2D eigenvalue weighted by Gasteiger charge is 2.49. The number of thiophene rings is 1. The summed E-state index contributed by atoms with van der Waals surface area (Å²) < 4.78 is 2.04. The molecule has 30 heavy (non-hydrogen) atoms. The van der Waals surface area contributed by atoms with Crippen LogP contribution in [0.15, 0.2) is 35.7 Å². The van der Waals surface area contributed by atoms with Crippen molar-refractivity contribution in [1.29, 1.82) is 0 Å². The van der Waals surface area contributed by atoms with Gasteiger partial charge in [-0.15, -0.1) is 11.3 Å². The lowest BCUT2D eigenvalue weighted by Crippen LogP contribution is -2.65. The van der Waals surface area contributed by atoms with Crippen LogP contribution in [0.3, 0.4) is 0 Å². The first-order chi connectivity index (χ1) is 14.4. The number of aromatic nitrogens is 1. The Kier molecular flexibility index (Phi) is 4.51. The molecule has 1 fully saturated rings. The van der Waals surface area contributed by atoms with Crippen LogP contribution in [0.2, 0.25) is 0 Å². The first-order valence-electron chi connectivity index (χ1n) is 10.7. The second-order valence-electron chi connectivity index (χ2n) is 8.93. The Bertz CT molecular complexity index is 1150. The van der Waals surface area contributed by atoms with E-state index < -0.39 is 5.54 Å². The lowest BCUT2D eigenvalue weighted by molar-refractivity contribution is -0.127. The molecule has 0 bridgehead atoms. The number of hydrogen-bond donors (Lipinski definition) is 1. The molecule has 6 heteroatoms. The molecule has 0 spiro atoms. The lowest BCUT2D eigenvalue weighted by atomic mass is 9.92. The summed E-state index contributed by atoms with van der Waals surface area (Å²) in [5.41, 5.74) is 2.72. The highest BCUT2D eigenvalue weighted by atomic mass is 32.1. The van der Waals surface area contributed by atoms with Gasteiger partial charge in [-0.3, -0.25) is 14.5 Å². The van der Waals surface area contributed by atoms with E-state index in [9.17, 15) is 9.59 Å². The number of amides is 2. The van der Waals surface area contributed by atoms with Gasteiger partial charge in [0.1, 0.15) is 16.1 Å². The Balaban J connectivity index is 1.63. The lowest BCUT2D eigenvalue weighted by Gasteiger charge is -2.44. The third-order valence-electron chi connectivity index (χ3n) is 6.81. The molecule has 2 amide bonds. The van der Waals surface area contributed by atoms with E-state index in [2.05, 4.69) is 12.2 Å². The van der Waals surface area contributed by atoms with Crippen LogP contribution in [0.25, 0.3) is 10.2 Å². The van der Waals surface area contributed by atoms with Crippen LogP contribution in [0, 0.1) is 13.8 Å². The minimum atomic E-state index is -0.996. The van der Waals surface area contributed by atoms with Crippen LogP contribution in [0.1, 0.15) is 54.2 Å². The van der Waals surface area contributed by atoms with E-state index in [4.69, 9.17) is 0 Å². The zero-order valence-electron chi connectivity index (χ0n) is 17.7. The molecule has 1 saturated carbocycles. The zero-order valence-corrected chi connectivity index (χ0v) is 18.5. The van der Waals surface area contributed by atoms with Crippen LogP contribution in [-0.4, -0.2) is 28.0 Å². The second-order valence-corrected chi connectivity index (χ2v) is 9.83. The molecule has 2 aromatic heterocycles. The molecule has 2 aliphatic rings. The normalized spacial score (nSPS) is 22.0. The number of anilines is 1. The summed E-state index contributed by atoms with van der Waals surface area (Å²) in [4.78, 5) is 30.2. The summed E-state index contributed by atoms with van der Waals surface area (Å²) in [7, 11) is 0. The minimum Gasteiger partial charge on any atom is -0.351 e. The topological polar surface area (TPSA) is 54.3 Å². The molecule has 3 heterocycles. The van der Waals surface area contributed by atoms with Gasteiger partial charge in [0.05, 0.1) is 6.54 Å². The molecule has 1 aromatic carbocycles. The summed E-state index contributed by atoms with van der Waals surface area (Å²) in [5, 5.41) is 6.35. The average molecular weight is 422 g/mol. The SMILES string of the molecule is Cc1ccc(N2C(=O)c3cc4ccsc4n3CC2(C)C(=O)NC2CCCC2)cc1C. The van der Waals surface area contributed by atoms with Gasteiger partial charge in [0.2, 0.25) is 5.91 Å². The molecule has 3 aromatic rings. The fraction of sp³-hybridized carbons (Fsp3) is 0.417. The molecular formula is C24H27N3O2S. The largest absolute Gasteiger partial charge is 0.351 e. The van der Waals surface area contributed by atoms with Gasteiger partial charge < -0.3 is 9.88 Å². The number of nitrogens with one attached hydrogen (secondary N) is 1. The maximum Gasteiger partial charge on any atom is 0.275 e. The highest BCUT2D eigenvalue weighted by Crippen LogP contribution is 2.38. The van der Waals surface area contributed by atoms with Crippen molar-refractivity contribution >= 4 is 39.1 Å². The molecule has 5 nitrogen and oxygen atoms in total. The fourth-order valence-electron chi connectivity index (χ4n) is 4.88. The minimum absolute atomic E-state index is 0.0648. The van der Waals surface area contributed by atoms with Crippen LogP contribution >= 0.6 is 11.3 Å². The van der Waals surface area contributed by atoms with E-state index in [1.807, 2.05) is 54.1 Å². The van der Waals surface area contributed by atoms with Crippen molar-refractivity contribution in [3.05, 3.63) is 52.5 Å². The molecular weight excluding hydrogens is 394 g/mol. The Morgan fingerprint density at radius 2 is 1.90 bits per heavy atom. The predicted molar refractivity (Wildman–Crippen MR) is 121 cm³/mol. The van der Waals surface area contributed by atoms with E-state index in [1.165, 1.54) is 5.56 Å². The monoisotopic (exact) mass is 421 g/mol. The number of carbonyl (C=O) groups excluding carboxylic acids is 2. The molecule has 5 rings (SSSR count). The summed E-state index contributed by atoms with van der Waals surface area (Å²) in [5.74, 6) is -0.179. The quantitative estimate of drug-likeness (QED) is 0.661. The van der Waals surface area contributed by atoms with Gasteiger partial charge in [0.25, 0.3) is 5.91 Å². The second kappa shape index (κ2) is 6.98. The molecule has 1 atom stereocenters. The van der Waals surface area contributed by atoms with Crippen LogP contribution < -0.4 is 10.2 Å². The van der Waals surface area contributed by atoms with Gasteiger partial charge >= 0.3 is 0 Å². The van der Waals surface area contributed by atoms with E-state index in [0.29, 0.717) is 12.2 Å². The maximum atomic E-state index is 13.8. The number of carbonyl (C=O) groups is 2. The molecule has 0 saturated heterocycles. The average Bonchev–Trinajstić information content (AvgIpc) is 3.43. The highest BCUT2D eigenvalue weighted by molar-refractivity contribution is 7.16. The molecule has 0 radical (unpaired) electrons. The molecule has 1 unspecified atom stereocenters. The maximum absolute atomic E-state index is 13.8. The zero-order chi connectivity index (χ0) is 21.0. The number of benzene rings is 1. The predicted octanol–water partition coefficient (Wildman–Crippen LogP) is 4.80. The van der Waals surface area contributed by atoms with Gasteiger partial charge in [-0.2, -0.15) is 0 Å². The third-order valence-corrected chi connectivity index (χ3v) is 7.76. The smallest absolute Gasteiger partial charge is 0.275 e. The van der Waals surface area contributed by atoms with Gasteiger partial charge in [-0.1, -0.05) is 18.9 Å². The van der Waals surface area contributed by atoms with Gasteiger partial charge in [0.15, 0.2) is 0 Å². The molecule has 1 aliphatic carbocycles. The van der Waals surface area contributed by atoms with E-state index in [0.717, 1.165) is 47.2 Å². The van der Waals surface area contributed by atoms with Crippen molar-refractivity contribution in [2.75, 3.05) is 4.90 Å². The molecule has 156 valence electrons. The summed E-state index contributed by atoms with van der Waals surface area (Å²) >= 11 is 1.62. The van der Waals surface area contributed by atoms with Gasteiger partial charge in [-0.05, 0) is 74.4 Å². The summed E-state index contributed by atoms with van der Waals surface area (Å²) in [6.45, 7) is 6.46. The van der Waals surface area contributed by atoms with Crippen molar-refractivity contribution in [2.45, 2.75) is 64.6 Å². The third kappa shape index (κ3) is 2.88. The van der Waals surface area contributed by atoms with Crippen molar-refractivity contribution in [3.63, 3.8) is 0 Å². The first kappa shape index (κ1) is 19.4. The van der Waals surface area contributed by atoms with Crippen molar-refractivity contribution in [1.82, 2.24) is 9.88 Å². The standard InChI is InChI=1S/C24H27N3O2S/c1-15-8-9-19(12-16(15)2)27-21(28)20-13-17-10-11-30-22(17)26(20)14-24(27,3)23(29)25-18-6-4-5-7-18/h8-13,18H,4-7,14H2,1-3H3,(H,25,29). The van der Waals surface area contributed by atoms with Crippen LogP contribution in [-0.2, 0) is 11.3 Å². The Morgan fingerprint density at radius 3 is 2.63 bits per heavy atom. The Hall–Kier alpha value is -2.60. The Morgan fingerprint density at radius 1 is 1.13 bits per heavy atom. The van der Waals surface area contributed by atoms with E-state index in [-0.39, 0.29) is 17.9 Å². The number of aryl methyl sites for hydroxylation is 2. The molecule has 1 aliphatic heterocycles. The van der Waals surface area contributed by atoms with Gasteiger partial charge in [-0.25, -0.2) is 0 Å². The van der Waals surface area contributed by atoms with Crippen LogP contribution in [0.5, 0.6) is 0 Å². The van der Waals surface area contributed by atoms with Crippen molar-refractivity contribution < 1.29 is 9.59 Å². The molecule has 1 N–H and O–H groups in total. The number of hydrogen-bond acceptors (Lipinski definition) is 3. The summed E-state index contributed by atoms with van der Waals surface area (Å²) in [6, 6.07) is 10.2. The summed E-state index contributed by atoms with van der Waals surface area (Å²) in [6.07, 6.45) is 4.34. The van der Waals surface area contributed by atoms with Gasteiger partial charge in [0, 0.05) is 17.1 Å². The van der Waals surface area contributed by atoms with E-state index >= 15 is 0 Å². The van der Waals surface area contributed by atoms with Crippen molar-refractivity contribution in [3.8, 4) is 0 Å². The Labute approximate surface area is 180 Å². The van der Waals surface area contributed by atoms with Crippen LogP contribution in [0.4, 0.5) is 5.69 Å². The number of fused-ring (bicyclic) bond motifs is 3. The fourth-order valence-corrected chi connectivity index (χ4v) is 5.77. The number of rotatable bonds is 3. The van der Waals surface area contributed by atoms with Crippen molar-refractivity contribution in [2.24, 2.45) is 0 Å².